The maximum atomic E-state index is 5.30. The van der Waals surface area contributed by atoms with Gasteiger partial charge in [0.15, 0.2) is 0 Å². The molecule has 0 aromatic carbocycles. The molecule has 2 N–H and O–H groups in total. The highest BCUT2D eigenvalue weighted by Crippen LogP contribution is 1.89. The quantitative estimate of drug-likeness (QED) is 0.435. The minimum Gasteiger partial charge on any atom is -0.330 e. The predicted molar refractivity (Wildman–Crippen MR) is 45.2 cm³/mol. The second-order valence-electron chi connectivity index (χ2n) is 1.84. The Kier molecular flexibility index (Phi) is 6.25. The molecule has 0 saturated carbocycles. The van der Waals surface area contributed by atoms with Crippen molar-refractivity contribution in [2.45, 2.75) is 6.42 Å². The Labute approximate surface area is 64.6 Å². The van der Waals surface area contributed by atoms with Gasteiger partial charge in [0.2, 0.25) is 0 Å². The number of hydrogen-bond donors (Lipinski definition) is 1. The van der Waals surface area contributed by atoms with Crippen molar-refractivity contribution in [1.82, 2.24) is 4.90 Å². The summed E-state index contributed by atoms with van der Waals surface area (Å²) in [7, 11) is 2.10. The molecule has 0 spiro atoms. The fraction of sp³-hybridized carbons (Fsp3) is 1.00. The van der Waals surface area contributed by atoms with Gasteiger partial charge in [-0.2, -0.15) is 0 Å². The number of hydrogen-bond acceptors (Lipinski definition) is 2. The summed E-state index contributed by atoms with van der Waals surface area (Å²) in [6, 6.07) is 0. The molecular weight excluding hydrogens is 215 g/mol. The van der Waals surface area contributed by atoms with Crippen molar-refractivity contribution in [2.24, 2.45) is 5.73 Å². The van der Waals surface area contributed by atoms with Crippen molar-refractivity contribution in [1.29, 1.82) is 0 Å². The van der Waals surface area contributed by atoms with E-state index in [9.17, 15) is 0 Å². The monoisotopic (exact) mass is 228 g/mol. The van der Waals surface area contributed by atoms with E-state index in [1.54, 1.807) is 0 Å². The Balaban J connectivity index is 2.86. The van der Waals surface area contributed by atoms with E-state index in [0.29, 0.717) is 0 Å². The van der Waals surface area contributed by atoms with Crippen molar-refractivity contribution in [2.75, 3.05) is 24.7 Å². The van der Waals surface area contributed by atoms with Gasteiger partial charge in [-0.1, -0.05) is 22.6 Å². The molecule has 0 aromatic rings. The first-order valence-electron chi connectivity index (χ1n) is 2.76. The molecule has 0 radical (unpaired) electrons. The molecule has 0 aliphatic heterocycles. The van der Waals surface area contributed by atoms with Crippen LogP contribution in [-0.2, 0) is 0 Å². The summed E-state index contributed by atoms with van der Waals surface area (Å²) >= 11 is 2.34. The lowest BCUT2D eigenvalue weighted by molar-refractivity contribution is 0.396. The van der Waals surface area contributed by atoms with Gasteiger partial charge in [-0.05, 0) is 26.6 Å². The van der Waals surface area contributed by atoms with Crippen LogP contribution in [0.2, 0.25) is 0 Å². The number of nitrogens with zero attached hydrogens (tertiary/aromatic N) is 1. The number of alkyl halides is 1. The van der Waals surface area contributed by atoms with E-state index >= 15 is 0 Å². The molecule has 0 aliphatic carbocycles. The Morgan fingerprint density at radius 3 is 2.62 bits per heavy atom. The van der Waals surface area contributed by atoms with Crippen LogP contribution in [0.4, 0.5) is 0 Å². The van der Waals surface area contributed by atoms with Crippen LogP contribution in [0, 0.1) is 0 Å². The van der Waals surface area contributed by atoms with E-state index in [0.717, 1.165) is 24.1 Å². The number of nitrogens with two attached hydrogens (primary N) is 1. The second kappa shape index (κ2) is 5.78. The molecule has 0 rings (SSSR count). The van der Waals surface area contributed by atoms with Gasteiger partial charge in [0.05, 0.1) is 4.55 Å². The van der Waals surface area contributed by atoms with Gasteiger partial charge >= 0.3 is 0 Å². The Morgan fingerprint density at radius 1 is 1.62 bits per heavy atom. The zero-order chi connectivity index (χ0) is 6.41. The summed E-state index contributed by atoms with van der Waals surface area (Å²) in [6.45, 7) is 1.93. The van der Waals surface area contributed by atoms with Gasteiger partial charge < -0.3 is 5.73 Å². The molecule has 0 aromatic heterocycles. The van der Waals surface area contributed by atoms with Gasteiger partial charge in [-0.25, -0.2) is 0 Å². The van der Waals surface area contributed by atoms with Crippen molar-refractivity contribution >= 4 is 22.6 Å². The van der Waals surface area contributed by atoms with Crippen molar-refractivity contribution < 1.29 is 0 Å². The molecule has 0 unspecified atom stereocenters. The highest BCUT2D eigenvalue weighted by atomic mass is 127. The third-order valence-electron chi connectivity index (χ3n) is 0.948. The molecule has 0 fully saturated rings. The lowest BCUT2D eigenvalue weighted by Gasteiger charge is -2.10. The first-order chi connectivity index (χ1) is 3.81. The molecule has 0 saturated heterocycles. The smallest absolute Gasteiger partial charge is 0.0502 e. The zero-order valence-electron chi connectivity index (χ0n) is 5.23. The highest BCUT2D eigenvalue weighted by molar-refractivity contribution is 14.1. The van der Waals surface area contributed by atoms with Crippen LogP contribution in [0.5, 0.6) is 0 Å². The van der Waals surface area contributed by atoms with Crippen LogP contribution >= 0.6 is 22.6 Å². The van der Waals surface area contributed by atoms with Gasteiger partial charge in [0.25, 0.3) is 0 Å². The summed E-state index contributed by atoms with van der Waals surface area (Å²) < 4.78 is 1.10. The number of halogens is 1. The van der Waals surface area contributed by atoms with E-state index in [1.807, 2.05) is 0 Å². The normalized spacial score (nSPS) is 10.5. The van der Waals surface area contributed by atoms with Crippen molar-refractivity contribution in [3.05, 3.63) is 0 Å². The number of rotatable bonds is 4. The molecule has 8 heavy (non-hydrogen) atoms. The Hall–Kier alpha value is 0.650. The average Bonchev–Trinajstić information content (AvgIpc) is 1.83. The van der Waals surface area contributed by atoms with Crippen LogP contribution in [0.1, 0.15) is 6.42 Å². The molecule has 50 valence electrons. The molecule has 0 amide bonds. The topological polar surface area (TPSA) is 29.3 Å². The van der Waals surface area contributed by atoms with E-state index in [-0.39, 0.29) is 0 Å². The molecule has 0 aliphatic rings. The average molecular weight is 228 g/mol. The fourth-order valence-corrected chi connectivity index (χ4v) is 0.762. The summed E-state index contributed by atoms with van der Waals surface area (Å²) in [5, 5.41) is 0. The first-order valence-corrected chi connectivity index (χ1v) is 4.28. The summed E-state index contributed by atoms with van der Waals surface area (Å²) in [5.41, 5.74) is 5.30. The van der Waals surface area contributed by atoms with Gasteiger partial charge in [-0.15, -0.1) is 0 Å². The van der Waals surface area contributed by atoms with Gasteiger partial charge in [0, 0.05) is 0 Å². The minimum absolute atomic E-state index is 0.807. The van der Waals surface area contributed by atoms with Crippen LogP contribution in [0.15, 0.2) is 0 Å². The van der Waals surface area contributed by atoms with Crippen LogP contribution < -0.4 is 5.73 Å². The van der Waals surface area contributed by atoms with E-state index in [4.69, 9.17) is 5.73 Å². The molecule has 0 bridgehead atoms. The standard InChI is InChI=1S/C5H13IN2/c1-8(5-6)4-2-3-7/h2-5,7H2,1H3. The summed E-state index contributed by atoms with van der Waals surface area (Å²) in [4.78, 5) is 2.24. The molecule has 0 heterocycles. The van der Waals surface area contributed by atoms with Gasteiger partial charge in [0.1, 0.15) is 0 Å². The lowest BCUT2D eigenvalue weighted by atomic mass is 10.4. The van der Waals surface area contributed by atoms with E-state index < -0.39 is 0 Å². The lowest BCUT2D eigenvalue weighted by Crippen LogP contribution is -2.19. The third-order valence-corrected chi connectivity index (χ3v) is 2.11. The molecule has 0 atom stereocenters. The van der Waals surface area contributed by atoms with Crippen LogP contribution in [-0.4, -0.2) is 29.6 Å². The van der Waals surface area contributed by atoms with E-state index in [2.05, 4.69) is 34.5 Å². The van der Waals surface area contributed by atoms with Crippen molar-refractivity contribution in [3.8, 4) is 0 Å². The Bertz CT molecular complexity index is 49.7. The maximum absolute atomic E-state index is 5.30. The largest absolute Gasteiger partial charge is 0.330 e. The maximum Gasteiger partial charge on any atom is 0.0502 e. The molecule has 3 heteroatoms. The Morgan fingerprint density at radius 2 is 2.25 bits per heavy atom. The summed E-state index contributed by atoms with van der Waals surface area (Å²) in [6.07, 6.45) is 1.11. The molecule has 2 nitrogen and oxygen atoms in total. The second-order valence-corrected chi connectivity index (χ2v) is 2.52. The van der Waals surface area contributed by atoms with Crippen molar-refractivity contribution in [3.63, 3.8) is 0 Å². The third kappa shape index (κ3) is 4.80. The fourth-order valence-electron chi connectivity index (χ4n) is 0.421. The SMILES string of the molecule is CN(CI)CCCN. The predicted octanol–water partition coefficient (Wildman–Crippen LogP) is 0.660. The summed E-state index contributed by atoms with van der Waals surface area (Å²) in [5.74, 6) is 0. The molecular formula is C5H13IN2. The van der Waals surface area contributed by atoms with Gasteiger partial charge in [-0.3, -0.25) is 4.90 Å². The van der Waals surface area contributed by atoms with E-state index in [1.165, 1.54) is 0 Å². The zero-order valence-corrected chi connectivity index (χ0v) is 7.39. The van der Waals surface area contributed by atoms with Crippen LogP contribution in [0.3, 0.4) is 0 Å². The first kappa shape index (κ1) is 8.65. The highest BCUT2D eigenvalue weighted by Gasteiger charge is 1.90. The minimum atomic E-state index is 0.807. The van der Waals surface area contributed by atoms with Crippen LogP contribution in [0.25, 0.3) is 0 Å².